The van der Waals surface area contributed by atoms with Crippen LogP contribution >= 0.6 is 0 Å². The van der Waals surface area contributed by atoms with Gasteiger partial charge < -0.3 is 19.6 Å². The molecule has 1 spiro atoms. The SMILES string of the molecule is O=C(OCc1ccccc1)N1CCC[C@]2(CCN([C@H]3CC[C@H](O)CC3)C2=O)C1. The van der Waals surface area contributed by atoms with Gasteiger partial charge in [-0.3, -0.25) is 4.79 Å². The van der Waals surface area contributed by atoms with Crippen LogP contribution in [0.5, 0.6) is 0 Å². The summed E-state index contributed by atoms with van der Waals surface area (Å²) in [5.41, 5.74) is 0.519. The molecule has 2 heterocycles. The van der Waals surface area contributed by atoms with Crippen LogP contribution in [0, 0.1) is 5.41 Å². The van der Waals surface area contributed by atoms with Gasteiger partial charge in [0.1, 0.15) is 6.61 Å². The number of aliphatic hydroxyl groups is 1. The van der Waals surface area contributed by atoms with Crippen LogP contribution in [0.2, 0.25) is 0 Å². The summed E-state index contributed by atoms with van der Waals surface area (Å²) < 4.78 is 5.49. The van der Waals surface area contributed by atoms with E-state index in [2.05, 4.69) is 0 Å². The summed E-state index contributed by atoms with van der Waals surface area (Å²) in [6, 6.07) is 9.90. The summed E-state index contributed by atoms with van der Waals surface area (Å²) in [5, 5.41) is 9.75. The monoisotopic (exact) mass is 386 g/mol. The second kappa shape index (κ2) is 8.11. The van der Waals surface area contributed by atoms with Crippen molar-refractivity contribution in [2.24, 2.45) is 5.41 Å². The molecule has 3 aliphatic rings. The molecule has 0 bridgehead atoms. The fourth-order valence-electron chi connectivity index (χ4n) is 5.04. The molecular formula is C22H30N2O4. The predicted octanol–water partition coefficient (Wildman–Crippen LogP) is 2.94. The molecule has 0 unspecified atom stereocenters. The van der Waals surface area contributed by atoms with Crippen LogP contribution in [0.15, 0.2) is 30.3 Å². The molecule has 4 rings (SSSR count). The summed E-state index contributed by atoms with van der Waals surface area (Å²) >= 11 is 0. The lowest BCUT2D eigenvalue weighted by Gasteiger charge is -2.40. The first kappa shape index (κ1) is 19.2. The normalized spacial score (nSPS) is 30.7. The average molecular weight is 386 g/mol. The number of aliphatic hydroxyl groups excluding tert-OH is 1. The zero-order chi connectivity index (χ0) is 19.6. The number of benzene rings is 1. The molecule has 0 radical (unpaired) electrons. The van der Waals surface area contributed by atoms with Crippen LogP contribution in [-0.4, -0.2) is 58.7 Å². The van der Waals surface area contributed by atoms with Gasteiger partial charge in [0.25, 0.3) is 0 Å². The highest BCUT2D eigenvalue weighted by molar-refractivity contribution is 5.86. The van der Waals surface area contributed by atoms with Gasteiger partial charge in [-0.2, -0.15) is 0 Å². The van der Waals surface area contributed by atoms with Gasteiger partial charge >= 0.3 is 6.09 Å². The Morgan fingerprint density at radius 2 is 1.86 bits per heavy atom. The van der Waals surface area contributed by atoms with Crippen LogP contribution in [0.3, 0.4) is 0 Å². The summed E-state index contributed by atoms with van der Waals surface area (Å²) in [6.45, 7) is 2.14. The first-order chi connectivity index (χ1) is 13.6. The maximum absolute atomic E-state index is 13.3. The van der Waals surface area contributed by atoms with Crippen molar-refractivity contribution in [3.63, 3.8) is 0 Å². The second-order valence-electron chi connectivity index (χ2n) is 8.56. The number of likely N-dealkylation sites (tertiary alicyclic amines) is 2. The lowest BCUT2D eigenvalue weighted by Crippen LogP contribution is -2.51. The van der Waals surface area contributed by atoms with Gasteiger partial charge in [0.05, 0.1) is 11.5 Å². The van der Waals surface area contributed by atoms with E-state index in [1.54, 1.807) is 4.90 Å². The Kier molecular flexibility index (Phi) is 5.58. The minimum absolute atomic E-state index is 0.203. The van der Waals surface area contributed by atoms with Crippen LogP contribution < -0.4 is 0 Å². The zero-order valence-electron chi connectivity index (χ0n) is 16.4. The summed E-state index contributed by atoms with van der Waals surface area (Å²) in [4.78, 5) is 29.6. The van der Waals surface area contributed by atoms with Gasteiger partial charge in [-0.1, -0.05) is 30.3 Å². The van der Waals surface area contributed by atoms with Gasteiger partial charge in [0.2, 0.25) is 5.91 Å². The third kappa shape index (κ3) is 3.88. The molecule has 1 aromatic carbocycles. The molecule has 28 heavy (non-hydrogen) atoms. The van der Waals surface area contributed by atoms with Crippen molar-refractivity contribution in [1.29, 1.82) is 0 Å². The number of piperidine rings is 1. The average Bonchev–Trinajstić information content (AvgIpc) is 3.03. The molecule has 1 aliphatic carbocycles. The number of nitrogens with zero attached hydrogens (tertiary/aromatic N) is 2. The van der Waals surface area contributed by atoms with Gasteiger partial charge in [0.15, 0.2) is 0 Å². The molecule has 3 fully saturated rings. The molecule has 1 aromatic rings. The summed E-state index contributed by atoms with van der Waals surface area (Å²) in [6.07, 6.45) is 5.27. The standard InChI is InChI=1S/C22H30N2O4/c25-19-9-7-18(8-10-19)24-14-12-22(20(24)26)11-4-13-23(16-22)21(27)28-15-17-5-2-1-3-6-17/h1-3,5-6,18-19,25H,4,7-16H2/t18-,19-,22-/m0/s1. The van der Waals surface area contributed by atoms with E-state index in [4.69, 9.17) is 4.74 Å². The molecule has 6 heteroatoms. The van der Waals surface area contributed by atoms with Gasteiger partial charge in [-0.25, -0.2) is 4.79 Å². The Bertz CT molecular complexity index is 702. The Morgan fingerprint density at radius 3 is 2.61 bits per heavy atom. The van der Waals surface area contributed by atoms with E-state index in [0.29, 0.717) is 13.1 Å². The molecule has 1 atom stereocenters. The van der Waals surface area contributed by atoms with Gasteiger partial charge in [-0.05, 0) is 50.5 Å². The maximum Gasteiger partial charge on any atom is 0.410 e. The number of hydrogen-bond acceptors (Lipinski definition) is 4. The van der Waals surface area contributed by atoms with E-state index in [1.807, 2.05) is 35.2 Å². The number of carbonyl (C=O) groups excluding carboxylic acids is 2. The first-order valence-corrected chi connectivity index (χ1v) is 10.5. The van der Waals surface area contributed by atoms with Crippen LogP contribution in [-0.2, 0) is 16.1 Å². The zero-order valence-corrected chi connectivity index (χ0v) is 16.4. The van der Waals surface area contributed by atoms with E-state index in [0.717, 1.165) is 57.1 Å². The Hall–Kier alpha value is -2.08. The Labute approximate surface area is 166 Å². The molecular weight excluding hydrogens is 356 g/mol. The molecule has 1 N–H and O–H groups in total. The van der Waals surface area contributed by atoms with Gasteiger partial charge in [0, 0.05) is 25.7 Å². The quantitative estimate of drug-likeness (QED) is 0.867. The molecule has 1 saturated carbocycles. The first-order valence-electron chi connectivity index (χ1n) is 10.5. The minimum atomic E-state index is -0.444. The molecule has 152 valence electrons. The van der Waals surface area contributed by atoms with Crippen molar-refractivity contribution in [2.75, 3.05) is 19.6 Å². The lowest BCUT2D eigenvalue weighted by atomic mass is 9.78. The number of amides is 2. The van der Waals surface area contributed by atoms with Crippen molar-refractivity contribution in [2.45, 2.75) is 63.7 Å². The van der Waals surface area contributed by atoms with Crippen molar-refractivity contribution in [3.8, 4) is 0 Å². The smallest absolute Gasteiger partial charge is 0.410 e. The van der Waals surface area contributed by atoms with Crippen LogP contribution in [0.4, 0.5) is 4.79 Å². The minimum Gasteiger partial charge on any atom is -0.445 e. The maximum atomic E-state index is 13.3. The summed E-state index contributed by atoms with van der Waals surface area (Å²) in [5.74, 6) is 0.203. The fourth-order valence-corrected chi connectivity index (χ4v) is 5.04. The fraction of sp³-hybridized carbons (Fsp3) is 0.636. The number of rotatable bonds is 3. The predicted molar refractivity (Wildman–Crippen MR) is 104 cm³/mol. The Morgan fingerprint density at radius 1 is 1.11 bits per heavy atom. The molecule has 2 saturated heterocycles. The van der Waals surface area contributed by atoms with E-state index in [1.165, 1.54) is 0 Å². The highest BCUT2D eigenvalue weighted by Gasteiger charge is 2.51. The second-order valence-corrected chi connectivity index (χ2v) is 8.56. The summed E-state index contributed by atoms with van der Waals surface area (Å²) in [7, 11) is 0. The highest BCUT2D eigenvalue weighted by atomic mass is 16.6. The van der Waals surface area contributed by atoms with Crippen LogP contribution in [0.1, 0.15) is 50.5 Å². The Balaban J connectivity index is 1.36. The molecule has 6 nitrogen and oxygen atoms in total. The molecule has 2 aliphatic heterocycles. The molecule has 2 amide bonds. The van der Waals surface area contributed by atoms with Crippen molar-refractivity contribution >= 4 is 12.0 Å². The molecule has 0 aromatic heterocycles. The number of ether oxygens (including phenoxy) is 1. The van der Waals surface area contributed by atoms with Crippen molar-refractivity contribution in [1.82, 2.24) is 9.80 Å². The largest absolute Gasteiger partial charge is 0.445 e. The topological polar surface area (TPSA) is 70.1 Å². The van der Waals surface area contributed by atoms with E-state index < -0.39 is 5.41 Å². The third-order valence-electron chi connectivity index (χ3n) is 6.69. The number of hydrogen-bond donors (Lipinski definition) is 1. The van der Waals surface area contributed by atoms with E-state index >= 15 is 0 Å². The van der Waals surface area contributed by atoms with Crippen molar-refractivity contribution in [3.05, 3.63) is 35.9 Å². The van der Waals surface area contributed by atoms with E-state index in [9.17, 15) is 14.7 Å². The van der Waals surface area contributed by atoms with Crippen LogP contribution in [0.25, 0.3) is 0 Å². The van der Waals surface area contributed by atoms with Crippen molar-refractivity contribution < 1.29 is 19.4 Å². The third-order valence-corrected chi connectivity index (χ3v) is 6.69. The highest BCUT2D eigenvalue weighted by Crippen LogP contribution is 2.42. The lowest BCUT2D eigenvalue weighted by molar-refractivity contribution is -0.141. The van der Waals surface area contributed by atoms with Gasteiger partial charge in [-0.15, -0.1) is 0 Å². The van der Waals surface area contributed by atoms with E-state index in [-0.39, 0.29) is 30.8 Å². The number of carbonyl (C=O) groups is 2.